The summed E-state index contributed by atoms with van der Waals surface area (Å²) in [6, 6.07) is 51.2. The van der Waals surface area contributed by atoms with Crippen LogP contribution in [-0.2, 0) is 5.41 Å². The zero-order valence-electron chi connectivity index (χ0n) is 21.2. The van der Waals surface area contributed by atoms with Gasteiger partial charge in [0.2, 0.25) is 0 Å². The van der Waals surface area contributed by atoms with E-state index in [1.165, 1.54) is 59.2 Å². The molecule has 8 rings (SSSR count). The minimum Gasteiger partial charge on any atom is -0.356 e. The van der Waals surface area contributed by atoms with Crippen molar-refractivity contribution in [3.63, 3.8) is 0 Å². The van der Waals surface area contributed by atoms with Gasteiger partial charge in [-0.05, 0) is 121 Å². The van der Waals surface area contributed by atoms with Crippen LogP contribution in [-0.4, -0.2) is 0 Å². The molecular formula is C37H24IN. The first-order chi connectivity index (χ1) is 19.2. The minimum absolute atomic E-state index is 0.304. The average molecular weight is 610 g/mol. The normalized spacial score (nSPS) is 13.5. The Kier molecular flexibility index (Phi) is 5.08. The van der Waals surface area contributed by atoms with E-state index in [0.717, 1.165) is 11.4 Å². The van der Waals surface area contributed by atoms with Crippen LogP contribution in [0.5, 0.6) is 0 Å². The molecule has 0 fully saturated rings. The van der Waals surface area contributed by atoms with Gasteiger partial charge in [0.1, 0.15) is 0 Å². The van der Waals surface area contributed by atoms with Gasteiger partial charge in [0, 0.05) is 14.9 Å². The summed E-state index contributed by atoms with van der Waals surface area (Å²) in [7, 11) is 0. The van der Waals surface area contributed by atoms with Crippen molar-refractivity contribution in [3.05, 3.63) is 165 Å². The van der Waals surface area contributed by atoms with Crippen molar-refractivity contribution in [1.29, 1.82) is 0 Å². The summed E-state index contributed by atoms with van der Waals surface area (Å²) in [4.78, 5) is 0. The van der Waals surface area contributed by atoms with Gasteiger partial charge in [-0.1, -0.05) is 97.1 Å². The van der Waals surface area contributed by atoms with E-state index in [-0.39, 0.29) is 5.41 Å². The predicted octanol–water partition coefficient (Wildman–Crippen LogP) is 10.0. The Bertz CT molecular complexity index is 1820. The summed E-state index contributed by atoms with van der Waals surface area (Å²) in [5.74, 6) is 0. The third-order valence-electron chi connectivity index (χ3n) is 8.35. The van der Waals surface area contributed by atoms with Gasteiger partial charge in [-0.15, -0.1) is 0 Å². The van der Waals surface area contributed by atoms with Crippen LogP contribution >= 0.6 is 22.6 Å². The maximum Gasteiger partial charge on any atom is 0.0725 e. The second kappa shape index (κ2) is 8.69. The third-order valence-corrected chi connectivity index (χ3v) is 9.07. The summed E-state index contributed by atoms with van der Waals surface area (Å²) in [5.41, 5.74) is 15.2. The van der Waals surface area contributed by atoms with Crippen molar-refractivity contribution in [3.8, 4) is 33.4 Å². The number of nitrogens with one attached hydrogen (secondary N) is 1. The van der Waals surface area contributed by atoms with Crippen molar-refractivity contribution in [1.82, 2.24) is 0 Å². The molecule has 2 heteroatoms. The van der Waals surface area contributed by atoms with Gasteiger partial charge in [0.05, 0.1) is 5.41 Å². The number of rotatable bonds is 3. The molecule has 1 spiro atoms. The Labute approximate surface area is 242 Å². The van der Waals surface area contributed by atoms with E-state index in [2.05, 4.69) is 167 Å². The Hall–Kier alpha value is -4.15. The number of hydrogen-bond donors (Lipinski definition) is 1. The lowest BCUT2D eigenvalue weighted by Gasteiger charge is -2.30. The second-order valence-electron chi connectivity index (χ2n) is 10.4. The molecule has 0 saturated carbocycles. The van der Waals surface area contributed by atoms with Crippen LogP contribution in [0.4, 0.5) is 11.4 Å². The standard InChI is InChI=1S/C37H24IN/c38-26-16-20-28(21-17-26)39-27-18-13-24(14-19-27)25-15-22-32-31-9-3-6-12-35(31)37(36(32)23-25)33-10-4-1-7-29(33)30-8-2-5-11-34(30)37/h1-23,39H. The highest BCUT2D eigenvalue weighted by Crippen LogP contribution is 2.62. The molecule has 184 valence electrons. The van der Waals surface area contributed by atoms with E-state index in [4.69, 9.17) is 0 Å². The largest absolute Gasteiger partial charge is 0.356 e. The van der Waals surface area contributed by atoms with Crippen LogP contribution in [0.15, 0.2) is 140 Å². The maximum atomic E-state index is 3.52. The van der Waals surface area contributed by atoms with Gasteiger partial charge in [0.25, 0.3) is 0 Å². The van der Waals surface area contributed by atoms with E-state index in [0.29, 0.717) is 0 Å². The van der Waals surface area contributed by atoms with Gasteiger partial charge in [0.15, 0.2) is 0 Å². The molecule has 2 aliphatic rings. The molecule has 0 heterocycles. The summed E-state index contributed by atoms with van der Waals surface area (Å²) < 4.78 is 1.23. The predicted molar refractivity (Wildman–Crippen MR) is 171 cm³/mol. The molecule has 0 aromatic heterocycles. The van der Waals surface area contributed by atoms with E-state index < -0.39 is 0 Å². The van der Waals surface area contributed by atoms with Crippen molar-refractivity contribution in [2.75, 3.05) is 5.32 Å². The topological polar surface area (TPSA) is 12.0 Å². The van der Waals surface area contributed by atoms with E-state index in [9.17, 15) is 0 Å². The Morgan fingerprint density at radius 1 is 0.410 bits per heavy atom. The lowest BCUT2D eigenvalue weighted by molar-refractivity contribution is 0.794. The van der Waals surface area contributed by atoms with E-state index >= 15 is 0 Å². The second-order valence-corrected chi connectivity index (χ2v) is 11.6. The molecule has 39 heavy (non-hydrogen) atoms. The lowest BCUT2D eigenvalue weighted by Crippen LogP contribution is -2.25. The van der Waals surface area contributed by atoms with Crippen molar-refractivity contribution >= 4 is 34.0 Å². The summed E-state index contributed by atoms with van der Waals surface area (Å²) in [6.45, 7) is 0. The molecule has 0 bridgehead atoms. The molecule has 1 N–H and O–H groups in total. The number of hydrogen-bond acceptors (Lipinski definition) is 1. The van der Waals surface area contributed by atoms with Crippen LogP contribution in [0.2, 0.25) is 0 Å². The first kappa shape index (κ1) is 22.8. The highest BCUT2D eigenvalue weighted by atomic mass is 127. The van der Waals surface area contributed by atoms with Crippen molar-refractivity contribution in [2.45, 2.75) is 5.41 Å². The molecule has 0 amide bonds. The van der Waals surface area contributed by atoms with Crippen molar-refractivity contribution in [2.24, 2.45) is 0 Å². The van der Waals surface area contributed by atoms with Gasteiger partial charge >= 0.3 is 0 Å². The van der Waals surface area contributed by atoms with Crippen molar-refractivity contribution < 1.29 is 0 Å². The quantitative estimate of drug-likeness (QED) is 0.197. The molecular weight excluding hydrogens is 585 g/mol. The molecule has 2 aliphatic carbocycles. The number of benzene rings is 6. The van der Waals surface area contributed by atoms with Crippen LogP contribution in [0.25, 0.3) is 33.4 Å². The smallest absolute Gasteiger partial charge is 0.0725 e. The van der Waals surface area contributed by atoms with E-state index in [1.807, 2.05) is 0 Å². The summed E-state index contributed by atoms with van der Waals surface area (Å²) in [6.07, 6.45) is 0. The summed E-state index contributed by atoms with van der Waals surface area (Å²) in [5, 5.41) is 3.52. The first-order valence-electron chi connectivity index (χ1n) is 13.3. The fourth-order valence-electron chi connectivity index (χ4n) is 6.72. The highest BCUT2D eigenvalue weighted by molar-refractivity contribution is 14.1. The SMILES string of the molecule is Ic1ccc(Nc2ccc(-c3ccc4c(c3)C3(c5ccccc5-c5ccccc53)c3ccccc3-4)cc2)cc1. The van der Waals surface area contributed by atoms with Crippen LogP contribution in [0, 0.1) is 3.57 Å². The molecule has 0 saturated heterocycles. The van der Waals surface area contributed by atoms with Gasteiger partial charge in [-0.2, -0.15) is 0 Å². The fourth-order valence-corrected chi connectivity index (χ4v) is 7.08. The minimum atomic E-state index is -0.304. The first-order valence-corrected chi connectivity index (χ1v) is 14.4. The molecule has 0 aliphatic heterocycles. The molecule has 1 nitrogen and oxygen atoms in total. The number of anilines is 2. The zero-order chi connectivity index (χ0) is 26.0. The Morgan fingerprint density at radius 2 is 0.846 bits per heavy atom. The Morgan fingerprint density at radius 3 is 1.38 bits per heavy atom. The average Bonchev–Trinajstić information content (AvgIpc) is 3.46. The van der Waals surface area contributed by atoms with Gasteiger partial charge in [-0.3, -0.25) is 0 Å². The summed E-state index contributed by atoms with van der Waals surface area (Å²) >= 11 is 2.34. The zero-order valence-corrected chi connectivity index (χ0v) is 23.3. The molecule has 6 aromatic carbocycles. The number of fused-ring (bicyclic) bond motifs is 10. The van der Waals surface area contributed by atoms with Gasteiger partial charge in [-0.25, -0.2) is 0 Å². The van der Waals surface area contributed by atoms with E-state index in [1.54, 1.807) is 0 Å². The molecule has 0 radical (unpaired) electrons. The Balaban J connectivity index is 1.28. The monoisotopic (exact) mass is 609 g/mol. The highest BCUT2D eigenvalue weighted by Gasteiger charge is 2.51. The number of halogens is 1. The molecule has 0 unspecified atom stereocenters. The molecule has 6 aromatic rings. The third kappa shape index (κ3) is 3.31. The van der Waals surface area contributed by atoms with Crippen LogP contribution < -0.4 is 5.32 Å². The van der Waals surface area contributed by atoms with Crippen LogP contribution in [0.1, 0.15) is 22.3 Å². The maximum absolute atomic E-state index is 3.52. The fraction of sp³-hybridized carbons (Fsp3) is 0.0270. The lowest BCUT2D eigenvalue weighted by atomic mass is 9.70. The molecule has 0 atom stereocenters. The van der Waals surface area contributed by atoms with Gasteiger partial charge < -0.3 is 5.32 Å². The van der Waals surface area contributed by atoms with Crippen LogP contribution in [0.3, 0.4) is 0 Å².